The van der Waals surface area contributed by atoms with Gasteiger partial charge in [0.2, 0.25) is 5.91 Å². The highest BCUT2D eigenvalue weighted by atomic mass is 35.5. The summed E-state index contributed by atoms with van der Waals surface area (Å²) in [6.45, 7) is 4.33. The molecule has 1 atom stereocenters. The lowest BCUT2D eigenvalue weighted by Crippen LogP contribution is -2.51. The Bertz CT molecular complexity index is 1150. The molecule has 0 aliphatic heterocycles. The summed E-state index contributed by atoms with van der Waals surface area (Å²) in [5, 5.41) is 14.5. The number of halogens is 1. The van der Waals surface area contributed by atoms with Crippen LogP contribution in [0.3, 0.4) is 0 Å². The van der Waals surface area contributed by atoms with Crippen molar-refractivity contribution in [3.63, 3.8) is 0 Å². The number of pyridine rings is 1. The molecule has 2 aromatic heterocycles. The highest BCUT2D eigenvalue weighted by molar-refractivity contribution is 6.15. The van der Waals surface area contributed by atoms with Crippen LogP contribution >= 0.6 is 11.8 Å². The number of carbonyl (C=O) groups is 2. The Kier molecular flexibility index (Phi) is 10.7. The van der Waals surface area contributed by atoms with Crippen molar-refractivity contribution >= 4 is 29.3 Å². The van der Waals surface area contributed by atoms with Gasteiger partial charge >= 0.3 is 6.09 Å². The Hall–Kier alpha value is -3.18. The molecule has 0 bridgehead atoms. The smallest absolute Gasteiger partial charge is 0.407 e. The molecule has 2 heterocycles. The van der Waals surface area contributed by atoms with Gasteiger partial charge in [-0.05, 0) is 56.2 Å². The van der Waals surface area contributed by atoms with Gasteiger partial charge in [0, 0.05) is 13.2 Å². The first-order valence-corrected chi connectivity index (χ1v) is 12.5. The van der Waals surface area contributed by atoms with Crippen molar-refractivity contribution < 1.29 is 24.2 Å². The van der Waals surface area contributed by atoms with E-state index < -0.39 is 17.7 Å². The molecule has 37 heavy (non-hydrogen) atoms. The molecule has 0 aliphatic rings. The van der Waals surface area contributed by atoms with Gasteiger partial charge in [-0.1, -0.05) is 36.4 Å². The SMILES string of the molecule is CC(C)(NCl)C(=O)NC(COCc1ccccc1)c1ncc2cccc(COC(=O)NCCCCO)n12. The molecular weight excluding hydrogens is 498 g/mol. The van der Waals surface area contributed by atoms with E-state index in [1.54, 1.807) is 20.0 Å². The fourth-order valence-corrected chi connectivity index (χ4v) is 3.64. The van der Waals surface area contributed by atoms with E-state index in [0.717, 1.165) is 11.1 Å². The maximum atomic E-state index is 13.0. The zero-order chi connectivity index (χ0) is 26.7. The number of amides is 2. The number of rotatable bonds is 14. The summed E-state index contributed by atoms with van der Waals surface area (Å²) in [6.07, 6.45) is 2.40. The van der Waals surface area contributed by atoms with E-state index in [0.29, 0.717) is 37.5 Å². The Morgan fingerprint density at radius 3 is 2.62 bits per heavy atom. The number of alkyl carbamates (subject to hydrolysis) is 1. The third-order valence-electron chi connectivity index (χ3n) is 5.68. The van der Waals surface area contributed by atoms with E-state index in [1.807, 2.05) is 52.9 Å². The van der Waals surface area contributed by atoms with Crippen LogP contribution in [-0.2, 0) is 27.5 Å². The number of nitrogens with zero attached hydrogens (tertiary/aromatic N) is 2. The lowest BCUT2D eigenvalue weighted by atomic mass is 10.1. The Morgan fingerprint density at radius 1 is 1.11 bits per heavy atom. The average molecular weight is 532 g/mol. The molecule has 3 rings (SSSR count). The number of nitrogens with one attached hydrogen (secondary N) is 3. The predicted octanol–water partition coefficient (Wildman–Crippen LogP) is 3.23. The quantitative estimate of drug-likeness (QED) is 0.186. The highest BCUT2D eigenvalue weighted by Crippen LogP contribution is 2.20. The van der Waals surface area contributed by atoms with Gasteiger partial charge in [0.25, 0.3) is 0 Å². The summed E-state index contributed by atoms with van der Waals surface area (Å²) in [4.78, 5) is 32.2. The second-order valence-corrected chi connectivity index (χ2v) is 9.26. The molecule has 0 aliphatic carbocycles. The van der Waals surface area contributed by atoms with Crippen molar-refractivity contribution in [1.82, 2.24) is 24.9 Å². The number of aromatic nitrogens is 2. The van der Waals surface area contributed by atoms with Gasteiger partial charge in [-0.3, -0.25) is 9.20 Å². The standard InChI is InChI=1S/C26H34ClN5O5/c1-26(2,31-27)24(34)30-22(18-36-16-19-9-4-3-5-10-19)23-29-15-20-11-8-12-21(32(20)23)17-37-25(35)28-13-6-7-14-33/h3-5,8-12,15,22,31,33H,6-7,13-14,16-18H2,1-2H3,(H,28,35)(H,30,34). The second-order valence-electron chi connectivity index (χ2n) is 9.07. The molecule has 1 aromatic carbocycles. The molecule has 0 spiro atoms. The van der Waals surface area contributed by atoms with Crippen LogP contribution < -0.4 is 15.5 Å². The highest BCUT2D eigenvalue weighted by Gasteiger charge is 2.30. The van der Waals surface area contributed by atoms with Crippen LogP contribution in [0.2, 0.25) is 0 Å². The summed E-state index contributed by atoms with van der Waals surface area (Å²) in [6, 6.07) is 14.7. The van der Waals surface area contributed by atoms with Crippen LogP contribution in [0.25, 0.3) is 5.52 Å². The van der Waals surface area contributed by atoms with Crippen molar-refractivity contribution in [2.75, 3.05) is 19.8 Å². The van der Waals surface area contributed by atoms with Crippen LogP contribution in [-0.4, -0.2) is 51.8 Å². The average Bonchev–Trinajstić information content (AvgIpc) is 3.34. The third-order valence-corrected chi connectivity index (χ3v) is 6.15. The van der Waals surface area contributed by atoms with Gasteiger partial charge in [-0.15, -0.1) is 0 Å². The maximum Gasteiger partial charge on any atom is 0.407 e. The number of ether oxygens (including phenoxy) is 2. The lowest BCUT2D eigenvalue weighted by molar-refractivity contribution is -0.127. The number of aliphatic hydroxyl groups excluding tert-OH is 1. The first-order chi connectivity index (χ1) is 17.9. The topological polar surface area (TPSA) is 126 Å². The number of hydrogen-bond donors (Lipinski definition) is 4. The van der Waals surface area contributed by atoms with E-state index in [2.05, 4.69) is 20.5 Å². The predicted molar refractivity (Wildman–Crippen MR) is 140 cm³/mol. The van der Waals surface area contributed by atoms with E-state index >= 15 is 0 Å². The molecule has 0 saturated heterocycles. The maximum absolute atomic E-state index is 13.0. The number of carbonyl (C=O) groups excluding carboxylic acids is 2. The fourth-order valence-electron chi connectivity index (χ4n) is 3.55. The van der Waals surface area contributed by atoms with Gasteiger partial charge in [0.1, 0.15) is 24.0 Å². The van der Waals surface area contributed by atoms with Crippen LogP contribution in [0.15, 0.2) is 54.7 Å². The lowest BCUT2D eigenvalue weighted by Gasteiger charge is -2.26. The zero-order valence-electron chi connectivity index (χ0n) is 21.1. The summed E-state index contributed by atoms with van der Waals surface area (Å²) < 4.78 is 13.2. The molecule has 200 valence electrons. The van der Waals surface area contributed by atoms with E-state index in [1.165, 1.54) is 0 Å². The molecule has 1 unspecified atom stereocenters. The van der Waals surface area contributed by atoms with Gasteiger partial charge in [0.15, 0.2) is 0 Å². The van der Waals surface area contributed by atoms with Gasteiger partial charge < -0.3 is 25.2 Å². The van der Waals surface area contributed by atoms with E-state index in [-0.39, 0.29) is 25.7 Å². The molecule has 10 nitrogen and oxygen atoms in total. The van der Waals surface area contributed by atoms with E-state index in [9.17, 15) is 9.59 Å². The molecule has 4 N–H and O–H groups in total. The van der Waals surface area contributed by atoms with Crippen molar-refractivity contribution in [2.24, 2.45) is 0 Å². The minimum Gasteiger partial charge on any atom is -0.443 e. The first kappa shape index (κ1) is 28.4. The minimum absolute atomic E-state index is 0.00714. The number of hydrogen-bond acceptors (Lipinski definition) is 7. The van der Waals surface area contributed by atoms with Gasteiger partial charge in [-0.25, -0.2) is 14.6 Å². The number of aliphatic hydroxyl groups is 1. The summed E-state index contributed by atoms with van der Waals surface area (Å²) >= 11 is 5.80. The van der Waals surface area contributed by atoms with Gasteiger partial charge in [-0.2, -0.15) is 0 Å². The second kappa shape index (κ2) is 13.9. The Labute approximate surface area is 221 Å². The Morgan fingerprint density at radius 2 is 1.89 bits per heavy atom. The number of unbranched alkanes of at least 4 members (excludes halogenated alkanes) is 1. The molecule has 0 radical (unpaired) electrons. The molecule has 2 amide bonds. The minimum atomic E-state index is -1.04. The largest absolute Gasteiger partial charge is 0.443 e. The Balaban J connectivity index is 1.80. The molecule has 0 fully saturated rings. The van der Waals surface area contributed by atoms with Crippen LogP contribution in [0.4, 0.5) is 4.79 Å². The fraction of sp³-hybridized carbons (Fsp3) is 0.423. The number of imidazole rings is 1. The zero-order valence-corrected chi connectivity index (χ0v) is 21.8. The monoisotopic (exact) mass is 531 g/mol. The number of fused-ring (bicyclic) bond motifs is 1. The number of benzene rings is 1. The van der Waals surface area contributed by atoms with Crippen molar-refractivity contribution in [1.29, 1.82) is 0 Å². The van der Waals surface area contributed by atoms with E-state index in [4.69, 9.17) is 26.4 Å². The summed E-state index contributed by atoms with van der Waals surface area (Å²) in [7, 11) is 0. The third kappa shape index (κ3) is 8.16. The summed E-state index contributed by atoms with van der Waals surface area (Å²) in [5.41, 5.74) is 1.42. The summed E-state index contributed by atoms with van der Waals surface area (Å²) in [5.74, 6) is 0.202. The van der Waals surface area contributed by atoms with Crippen LogP contribution in [0.1, 0.15) is 49.8 Å². The molecule has 0 saturated carbocycles. The van der Waals surface area contributed by atoms with Crippen molar-refractivity contribution in [2.45, 2.75) is 51.5 Å². The molecule has 3 aromatic rings. The molecular formula is C26H34ClN5O5. The molecule has 11 heteroatoms. The van der Waals surface area contributed by atoms with Gasteiger partial charge in [0.05, 0.1) is 30.6 Å². The normalized spacial score (nSPS) is 12.3. The first-order valence-electron chi connectivity index (χ1n) is 12.1. The van der Waals surface area contributed by atoms with Crippen LogP contribution in [0.5, 0.6) is 0 Å². The van der Waals surface area contributed by atoms with Crippen molar-refractivity contribution in [3.05, 3.63) is 71.8 Å². The van der Waals surface area contributed by atoms with Crippen molar-refractivity contribution in [3.8, 4) is 0 Å². The van der Waals surface area contributed by atoms with Crippen LogP contribution in [0, 0.1) is 0 Å².